The van der Waals surface area contributed by atoms with E-state index in [4.69, 9.17) is 0 Å². The number of halogens is 1. The van der Waals surface area contributed by atoms with Crippen LogP contribution in [0.3, 0.4) is 0 Å². The van der Waals surface area contributed by atoms with Crippen molar-refractivity contribution in [1.29, 1.82) is 0 Å². The van der Waals surface area contributed by atoms with Gasteiger partial charge in [0.2, 0.25) is 5.91 Å². The highest BCUT2D eigenvalue weighted by atomic mass is 32.2. The summed E-state index contributed by atoms with van der Waals surface area (Å²) in [4.78, 5) is 23.9. The summed E-state index contributed by atoms with van der Waals surface area (Å²) in [5.74, 6) is -1.95. The molecule has 5 nitrogen and oxygen atoms in total. The Morgan fingerprint density at radius 3 is 2.32 bits per heavy atom. The van der Waals surface area contributed by atoms with E-state index in [9.17, 15) is 23.3 Å². The normalized spacial score (nSPS) is 13.0. The van der Waals surface area contributed by atoms with Crippen molar-refractivity contribution in [3.05, 3.63) is 66.0 Å². The summed E-state index contributed by atoms with van der Waals surface area (Å²) in [6.07, 6.45) is -0.00215. The zero-order valence-electron chi connectivity index (χ0n) is 13.4. The second kappa shape index (κ2) is 9.08. The number of carbonyl (C=O) groups is 2. The maximum absolute atomic E-state index is 12.8. The average molecular weight is 363 g/mol. The molecule has 0 bridgehead atoms. The molecule has 2 aromatic carbocycles. The SMILES string of the molecule is O=C(Cc1ccc(F)cc1)N[C@H](CC[S@@](=O)c1ccccc1)C(=O)O. The number of benzene rings is 2. The van der Waals surface area contributed by atoms with E-state index in [1.165, 1.54) is 24.3 Å². The Morgan fingerprint density at radius 1 is 1.08 bits per heavy atom. The molecular weight excluding hydrogens is 345 g/mol. The molecular formula is C18H18FNO4S. The van der Waals surface area contributed by atoms with Crippen LogP contribution in [-0.4, -0.2) is 33.0 Å². The lowest BCUT2D eigenvalue weighted by atomic mass is 10.1. The third-order valence-electron chi connectivity index (χ3n) is 3.51. The van der Waals surface area contributed by atoms with Crippen molar-refractivity contribution in [2.24, 2.45) is 0 Å². The van der Waals surface area contributed by atoms with E-state index in [1.54, 1.807) is 30.3 Å². The maximum Gasteiger partial charge on any atom is 0.326 e. The Labute approximate surface area is 147 Å². The molecule has 0 radical (unpaired) electrons. The highest BCUT2D eigenvalue weighted by Crippen LogP contribution is 2.09. The van der Waals surface area contributed by atoms with Gasteiger partial charge in [0, 0.05) is 10.6 Å². The molecule has 2 N–H and O–H groups in total. The first-order valence-corrected chi connectivity index (χ1v) is 8.97. The van der Waals surface area contributed by atoms with Gasteiger partial charge in [-0.3, -0.25) is 9.00 Å². The molecule has 0 aliphatic rings. The molecule has 2 atom stereocenters. The predicted octanol–water partition coefficient (Wildman–Crippen LogP) is 2.14. The largest absolute Gasteiger partial charge is 0.480 e. The predicted molar refractivity (Wildman–Crippen MR) is 92.0 cm³/mol. The molecule has 0 saturated heterocycles. The Kier molecular flexibility index (Phi) is 6.82. The van der Waals surface area contributed by atoms with Crippen LogP contribution in [0.25, 0.3) is 0 Å². The molecule has 0 aromatic heterocycles. The molecule has 0 aliphatic carbocycles. The summed E-state index contributed by atoms with van der Waals surface area (Å²) in [5.41, 5.74) is 0.580. The van der Waals surface area contributed by atoms with Gasteiger partial charge in [-0.15, -0.1) is 0 Å². The molecule has 7 heteroatoms. The van der Waals surface area contributed by atoms with E-state index in [2.05, 4.69) is 5.32 Å². The van der Waals surface area contributed by atoms with Gasteiger partial charge in [0.05, 0.1) is 17.2 Å². The second-order valence-corrected chi connectivity index (χ2v) is 6.98. The number of amides is 1. The topological polar surface area (TPSA) is 83.5 Å². The van der Waals surface area contributed by atoms with Gasteiger partial charge in [-0.25, -0.2) is 9.18 Å². The third kappa shape index (κ3) is 6.11. The molecule has 0 heterocycles. The smallest absolute Gasteiger partial charge is 0.326 e. The lowest BCUT2D eigenvalue weighted by molar-refractivity contribution is -0.141. The highest BCUT2D eigenvalue weighted by molar-refractivity contribution is 7.85. The number of hydrogen-bond donors (Lipinski definition) is 2. The monoisotopic (exact) mass is 363 g/mol. The van der Waals surface area contributed by atoms with Crippen LogP contribution in [0, 0.1) is 5.82 Å². The minimum absolute atomic E-state index is 0.0476. The minimum Gasteiger partial charge on any atom is -0.480 e. The quantitative estimate of drug-likeness (QED) is 0.753. The molecule has 0 aliphatic heterocycles. The van der Waals surface area contributed by atoms with E-state index >= 15 is 0 Å². The number of nitrogens with one attached hydrogen (secondary N) is 1. The lowest BCUT2D eigenvalue weighted by Gasteiger charge is -2.14. The van der Waals surface area contributed by atoms with Crippen molar-refractivity contribution in [3.8, 4) is 0 Å². The van der Waals surface area contributed by atoms with Crippen molar-refractivity contribution in [2.75, 3.05) is 5.75 Å². The van der Waals surface area contributed by atoms with E-state index in [1.807, 2.05) is 0 Å². The van der Waals surface area contributed by atoms with Gasteiger partial charge >= 0.3 is 5.97 Å². The second-order valence-electron chi connectivity index (χ2n) is 5.41. The number of carboxylic acid groups (broad SMARTS) is 1. The number of hydrogen-bond acceptors (Lipinski definition) is 3. The molecule has 0 unspecified atom stereocenters. The van der Waals surface area contributed by atoms with Crippen molar-refractivity contribution in [3.63, 3.8) is 0 Å². The van der Waals surface area contributed by atoms with Crippen molar-refractivity contribution < 1.29 is 23.3 Å². The summed E-state index contributed by atoms with van der Waals surface area (Å²) in [7, 11) is -1.33. The molecule has 2 rings (SSSR count). The van der Waals surface area contributed by atoms with Gasteiger partial charge in [-0.2, -0.15) is 0 Å². The summed E-state index contributed by atoms with van der Waals surface area (Å²) >= 11 is 0. The number of carboxylic acids is 1. The number of aliphatic carboxylic acids is 1. The highest BCUT2D eigenvalue weighted by Gasteiger charge is 2.21. The van der Waals surface area contributed by atoms with Crippen LogP contribution in [0.15, 0.2) is 59.5 Å². The van der Waals surface area contributed by atoms with Crippen LogP contribution < -0.4 is 5.32 Å². The van der Waals surface area contributed by atoms with Crippen molar-refractivity contribution in [2.45, 2.75) is 23.8 Å². The van der Waals surface area contributed by atoms with E-state index in [0.717, 1.165) is 0 Å². The number of carbonyl (C=O) groups excluding carboxylic acids is 1. The molecule has 0 saturated carbocycles. The fourth-order valence-electron chi connectivity index (χ4n) is 2.21. The third-order valence-corrected chi connectivity index (χ3v) is 4.91. The summed E-state index contributed by atoms with van der Waals surface area (Å²) < 4.78 is 25.0. The molecule has 132 valence electrons. The molecule has 25 heavy (non-hydrogen) atoms. The standard InChI is InChI=1S/C18H18FNO4S/c19-14-8-6-13(7-9-14)12-17(21)20-16(18(22)23)10-11-25(24)15-4-2-1-3-5-15/h1-9,16H,10-12H2,(H,20,21)(H,22,23)/t16-,25-/m1/s1. The Bertz CT molecular complexity index is 749. The Balaban J connectivity index is 1.89. The Morgan fingerprint density at radius 2 is 1.72 bits per heavy atom. The fourth-order valence-corrected chi connectivity index (χ4v) is 3.35. The zero-order valence-corrected chi connectivity index (χ0v) is 14.2. The van der Waals surface area contributed by atoms with Crippen LogP contribution in [0.5, 0.6) is 0 Å². The first-order valence-electron chi connectivity index (χ1n) is 7.66. The average Bonchev–Trinajstić information content (AvgIpc) is 2.60. The summed E-state index contributed by atoms with van der Waals surface area (Å²) in [5, 5.41) is 11.7. The molecule has 0 spiro atoms. The first kappa shape index (κ1) is 18.8. The zero-order chi connectivity index (χ0) is 18.2. The van der Waals surface area contributed by atoms with Crippen molar-refractivity contribution in [1.82, 2.24) is 5.32 Å². The minimum atomic E-state index is -1.33. The lowest BCUT2D eigenvalue weighted by Crippen LogP contribution is -2.42. The van der Waals surface area contributed by atoms with Crippen LogP contribution in [-0.2, 0) is 26.8 Å². The Hall–Kier alpha value is -2.54. The summed E-state index contributed by atoms with van der Waals surface area (Å²) in [6.45, 7) is 0. The van der Waals surface area contributed by atoms with Crippen LogP contribution >= 0.6 is 0 Å². The van der Waals surface area contributed by atoms with Gasteiger partial charge in [-0.1, -0.05) is 30.3 Å². The molecule has 0 fully saturated rings. The van der Waals surface area contributed by atoms with Crippen LogP contribution in [0.2, 0.25) is 0 Å². The number of rotatable bonds is 8. The maximum atomic E-state index is 12.8. The van der Waals surface area contributed by atoms with E-state index < -0.39 is 34.5 Å². The fraction of sp³-hybridized carbons (Fsp3) is 0.222. The van der Waals surface area contributed by atoms with Gasteiger partial charge in [0.15, 0.2) is 0 Å². The van der Waals surface area contributed by atoms with E-state index in [0.29, 0.717) is 10.5 Å². The van der Waals surface area contributed by atoms with Gasteiger partial charge < -0.3 is 10.4 Å². The van der Waals surface area contributed by atoms with Crippen molar-refractivity contribution >= 4 is 22.7 Å². The molecule has 2 aromatic rings. The first-order chi connectivity index (χ1) is 12.0. The van der Waals surface area contributed by atoms with E-state index in [-0.39, 0.29) is 18.6 Å². The summed E-state index contributed by atoms with van der Waals surface area (Å²) in [6, 6.07) is 13.0. The van der Waals surface area contributed by atoms with Gasteiger partial charge in [-0.05, 0) is 36.2 Å². The van der Waals surface area contributed by atoms with Crippen LogP contribution in [0.4, 0.5) is 4.39 Å². The van der Waals surface area contributed by atoms with Gasteiger partial charge in [0.25, 0.3) is 0 Å². The van der Waals surface area contributed by atoms with Gasteiger partial charge in [0.1, 0.15) is 11.9 Å². The molecule has 1 amide bonds. The van der Waals surface area contributed by atoms with Crippen LogP contribution in [0.1, 0.15) is 12.0 Å².